The number of thioether (sulfide) groups is 1. The highest BCUT2D eigenvalue weighted by Crippen LogP contribution is 2.26. The van der Waals surface area contributed by atoms with E-state index in [9.17, 15) is 4.79 Å². The van der Waals surface area contributed by atoms with Crippen molar-refractivity contribution in [3.8, 4) is 0 Å². The Labute approximate surface area is 159 Å². The van der Waals surface area contributed by atoms with Gasteiger partial charge in [-0.15, -0.1) is 10.2 Å². The number of benzene rings is 1. The molecule has 1 atom stereocenters. The number of amides is 1. The maximum Gasteiger partial charge on any atom is 0.237 e. The lowest BCUT2D eigenvalue weighted by molar-refractivity contribution is -0.115. The molecule has 0 saturated carbocycles. The van der Waals surface area contributed by atoms with Crippen LogP contribution in [0, 0.1) is 0 Å². The molecular weight excluding hydrogens is 346 g/mol. The van der Waals surface area contributed by atoms with E-state index in [4.69, 9.17) is 5.84 Å². The van der Waals surface area contributed by atoms with Crippen LogP contribution in [0.15, 0.2) is 23.4 Å². The first-order chi connectivity index (χ1) is 12.5. The SMILES string of the molecule is CCCCc1nnc(S[C@@H](C)C(=O)Nc2c(CC)cccc2CC)n1N. The third kappa shape index (κ3) is 4.78. The zero-order chi connectivity index (χ0) is 19.1. The predicted molar refractivity (Wildman–Crippen MR) is 108 cm³/mol. The normalized spacial score (nSPS) is 12.2. The van der Waals surface area contributed by atoms with Crippen LogP contribution in [0.5, 0.6) is 0 Å². The van der Waals surface area contributed by atoms with Crippen LogP contribution in [-0.4, -0.2) is 26.0 Å². The molecule has 0 saturated heterocycles. The van der Waals surface area contributed by atoms with Gasteiger partial charge < -0.3 is 11.2 Å². The number of hydrogen-bond donors (Lipinski definition) is 2. The second kappa shape index (κ2) is 9.62. The molecule has 2 aromatic rings. The first kappa shape index (κ1) is 20.3. The van der Waals surface area contributed by atoms with E-state index < -0.39 is 0 Å². The van der Waals surface area contributed by atoms with Gasteiger partial charge in [0.25, 0.3) is 0 Å². The van der Waals surface area contributed by atoms with Crippen molar-refractivity contribution in [1.82, 2.24) is 14.9 Å². The molecule has 1 amide bonds. The summed E-state index contributed by atoms with van der Waals surface area (Å²) in [5.74, 6) is 6.78. The zero-order valence-corrected chi connectivity index (χ0v) is 16.9. The lowest BCUT2D eigenvalue weighted by atomic mass is 10.0. The number of hydrogen-bond acceptors (Lipinski definition) is 5. The first-order valence-corrected chi connectivity index (χ1v) is 10.2. The molecule has 0 spiro atoms. The number of carbonyl (C=O) groups is 1. The van der Waals surface area contributed by atoms with Gasteiger partial charge in [-0.2, -0.15) is 0 Å². The van der Waals surface area contributed by atoms with Gasteiger partial charge in [-0.1, -0.05) is 57.2 Å². The van der Waals surface area contributed by atoms with Gasteiger partial charge in [0, 0.05) is 12.1 Å². The van der Waals surface area contributed by atoms with Crippen molar-refractivity contribution in [3.63, 3.8) is 0 Å². The lowest BCUT2D eigenvalue weighted by Crippen LogP contribution is -2.25. The summed E-state index contributed by atoms with van der Waals surface area (Å²) in [6.45, 7) is 8.17. The van der Waals surface area contributed by atoms with Crippen LogP contribution in [0.4, 0.5) is 5.69 Å². The molecule has 142 valence electrons. The Morgan fingerprint density at radius 1 is 1.23 bits per heavy atom. The van der Waals surface area contributed by atoms with Crippen molar-refractivity contribution in [1.29, 1.82) is 0 Å². The van der Waals surface area contributed by atoms with Gasteiger partial charge in [0.1, 0.15) is 0 Å². The zero-order valence-electron chi connectivity index (χ0n) is 16.1. The quantitative estimate of drug-likeness (QED) is 0.517. The molecule has 1 aromatic carbocycles. The summed E-state index contributed by atoms with van der Waals surface area (Å²) >= 11 is 1.33. The Balaban J connectivity index is 2.08. The monoisotopic (exact) mass is 375 g/mol. The van der Waals surface area contributed by atoms with Crippen LogP contribution in [-0.2, 0) is 24.1 Å². The maximum absolute atomic E-state index is 12.7. The van der Waals surface area contributed by atoms with Crippen molar-refractivity contribution in [2.75, 3.05) is 11.2 Å². The number of rotatable bonds is 9. The summed E-state index contributed by atoms with van der Waals surface area (Å²) in [4.78, 5) is 12.7. The number of carbonyl (C=O) groups excluding carboxylic acids is 1. The van der Waals surface area contributed by atoms with Gasteiger partial charge in [0.2, 0.25) is 11.1 Å². The largest absolute Gasteiger partial charge is 0.336 e. The lowest BCUT2D eigenvalue weighted by Gasteiger charge is -2.17. The third-order valence-corrected chi connectivity index (χ3v) is 5.44. The average Bonchev–Trinajstić information content (AvgIpc) is 2.99. The van der Waals surface area contributed by atoms with Crippen molar-refractivity contribution >= 4 is 23.4 Å². The molecule has 0 unspecified atom stereocenters. The number of nitrogen functional groups attached to an aromatic ring is 1. The number of para-hydroxylation sites is 1. The highest BCUT2D eigenvalue weighted by molar-refractivity contribution is 8.00. The number of nitrogens with zero attached hydrogens (tertiary/aromatic N) is 3. The second-order valence-electron chi connectivity index (χ2n) is 6.28. The molecule has 3 N–H and O–H groups in total. The Morgan fingerprint density at radius 2 is 1.88 bits per heavy atom. The molecule has 0 bridgehead atoms. The molecule has 0 aliphatic rings. The maximum atomic E-state index is 12.7. The van der Waals surface area contributed by atoms with Gasteiger partial charge in [0.05, 0.1) is 5.25 Å². The smallest absolute Gasteiger partial charge is 0.237 e. The number of nitrogens with two attached hydrogens (primary N) is 1. The number of aromatic nitrogens is 3. The fraction of sp³-hybridized carbons (Fsp3) is 0.526. The van der Waals surface area contributed by atoms with Gasteiger partial charge >= 0.3 is 0 Å². The average molecular weight is 376 g/mol. The van der Waals surface area contributed by atoms with Crippen LogP contribution in [0.2, 0.25) is 0 Å². The Kier molecular flexibility index (Phi) is 7.50. The number of anilines is 1. The van der Waals surface area contributed by atoms with Crippen LogP contribution < -0.4 is 11.2 Å². The first-order valence-electron chi connectivity index (χ1n) is 9.29. The number of aryl methyl sites for hydroxylation is 3. The molecule has 6 nitrogen and oxygen atoms in total. The Bertz CT molecular complexity index is 721. The minimum Gasteiger partial charge on any atom is -0.336 e. The van der Waals surface area contributed by atoms with Crippen LogP contribution >= 0.6 is 11.8 Å². The second-order valence-corrected chi connectivity index (χ2v) is 7.59. The van der Waals surface area contributed by atoms with E-state index in [-0.39, 0.29) is 11.2 Å². The summed E-state index contributed by atoms with van der Waals surface area (Å²) in [5.41, 5.74) is 3.24. The summed E-state index contributed by atoms with van der Waals surface area (Å²) in [6.07, 6.45) is 4.64. The van der Waals surface area contributed by atoms with Gasteiger partial charge in [-0.3, -0.25) is 4.79 Å². The fourth-order valence-corrected chi connectivity index (χ4v) is 3.52. The highest BCUT2D eigenvalue weighted by atomic mass is 32.2. The molecule has 0 aliphatic carbocycles. The van der Waals surface area contributed by atoms with Gasteiger partial charge in [-0.05, 0) is 37.3 Å². The standard InChI is InChI=1S/C19H29N5OS/c1-5-8-12-16-22-23-19(24(16)20)26-13(4)18(25)21-17-14(6-2)10-9-11-15(17)7-3/h9-11,13H,5-8,12,20H2,1-4H3,(H,21,25)/t13-/m0/s1. The van der Waals surface area contributed by atoms with Crippen LogP contribution in [0.25, 0.3) is 0 Å². The molecular formula is C19H29N5OS. The number of nitrogens with one attached hydrogen (secondary N) is 1. The molecule has 2 rings (SSSR count). The van der Waals surface area contributed by atoms with E-state index in [2.05, 4.69) is 48.4 Å². The Morgan fingerprint density at radius 3 is 2.46 bits per heavy atom. The minimum absolute atomic E-state index is 0.0521. The molecule has 7 heteroatoms. The van der Waals surface area contributed by atoms with Crippen molar-refractivity contribution < 1.29 is 4.79 Å². The number of unbranched alkanes of at least 4 members (excludes halogenated alkanes) is 1. The van der Waals surface area contributed by atoms with Crippen molar-refractivity contribution in [3.05, 3.63) is 35.2 Å². The molecule has 1 aromatic heterocycles. The molecule has 0 fully saturated rings. The third-order valence-electron chi connectivity index (χ3n) is 4.39. The summed E-state index contributed by atoms with van der Waals surface area (Å²) in [6, 6.07) is 6.16. The topological polar surface area (TPSA) is 85.8 Å². The van der Waals surface area contributed by atoms with Gasteiger partial charge in [-0.25, -0.2) is 4.68 Å². The summed E-state index contributed by atoms with van der Waals surface area (Å²) in [5, 5.41) is 11.6. The molecule has 1 heterocycles. The van der Waals surface area contributed by atoms with E-state index in [0.717, 1.165) is 54.7 Å². The molecule has 0 radical (unpaired) electrons. The summed E-state index contributed by atoms with van der Waals surface area (Å²) < 4.78 is 1.50. The highest BCUT2D eigenvalue weighted by Gasteiger charge is 2.20. The molecule has 26 heavy (non-hydrogen) atoms. The van der Waals surface area contributed by atoms with E-state index in [0.29, 0.717) is 5.16 Å². The van der Waals surface area contributed by atoms with E-state index >= 15 is 0 Å². The van der Waals surface area contributed by atoms with Crippen LogP contribution in [0.1, 0.15) is 57.5 Å². The van der Waals surface area contributed by atoms with Crippen LogP contribution in [0.3, 0.4) is 0 Å². The van der Waals surface area contributed by atoms with E-state index in [1.807, 2.05) is 13.0 Å². The predicted octanol–water partition coefficient (Wildman–Crippen LogP) is 3.58. The molecule has 0 aliphatic heterocycles. The van der Waals surface area contributed by atoms with E-state index in [1.54, 1.807) is 0 Å². The van der Waals surface area contributed by atoms with E-state index in [1.165, 1.54) is 16.4 Å². The minimum atomic E-state index is -0.324. The Hall–Kier alpha value is -2.02. The van der Waals surface area contributed by atoms with Gasteiger partial charge in [0.15, 0.2) is 5.82 Å². The van der Waals surface area contributed by atoms with Crippen molar-refractivity contribution in [2.24, 2.45) is 0 Å². The summed E-state index contributed by atoms with van der Waals surface area (Å²) in [7, 11) is 0. The fourth-order valence-electron chi connectivity index (χ4n) is 2.73. The van der Waals surface area contributed by atoms with Crippen molar-refractivity contribution in [2.45, 2.75) is 70.2 Å².